The van der Waals surface area contributed by atoms with Crippen LogP contribution in [0.15, 0.2) is 29.6 Å². The van der Waals surface area contributed by atoms with Crippen molar-refractivity contribution in [3.63, 3.8) is 0 Å². The van der Waals surface area contributed by atoms with Crippen LogP contribution in [0.5, 0.6) is 0 Å². The Bertz CT molecular complexity index is 668. The van der Waals surface area contributed by atoms with Gasteiger partial charge < -0.3 is 0 Å². The Morgan fingerprint density at radius 2 is 2.00 bits per heavy atom. The zero-order valence-electron chi connectivity index (χ0n) is 11.2. The molecule has 0 saturated carbocycles. The van der Waals surface area contributed by atoms with Crippen LogP contribution in [-0.4, -0.2) is 9.55 Å². The van der Waals surface area contributed by atoms with Crippen LogP contribution in [0.4, 0.5) is 0 Å². The van der Waals surface area contributed by atoms with Gasteiger partial charge in [-0.25, -0.2) is 4.98 Å². The van der Waals surface area contributed by atoms with Crippen LogP contribution in [0, 0.1) is 20.8 Å². The van der Waals surface area contributed by atoms with Crippen LogP contribution < -0.4 is 5.56 Å². The summed E-state index contributed by atoms with van der Waals surface area (Å²) >= 11 is 0. The van der Waals surface area contributed by atoms with Crippen molar-refractivity contribution in [3.05, 3.63) is 52.0 Å². The minimum Gasteiger partial charge on any atom is -0.292 e. The smallest absolute Gasteiger partial charge is 0.252 e. The van der Waals surface area contributed by atoms with Crippen molar-refractivity contribution in [2.45, 2.75) is 33.7 Å². The van der Waals surface area contributed by atoms with E-state index in [2.05, 4.69) is 25.4 Å². The topological polar surface area (TPSA) is 34.9 Å². The van der Waals surface area contributed by atoms with Crippen molar-refractivity contribution in [1.82, 2.24) is 9.55 Å². The Hall–Kier alpha value is -1.90. The quantitative estimate of drug-likeness (QED) is 0.776. The molecule has 0 bridgehead atoms. The predicted molar refractivity (Wildman–Crippen MR) is 75.0 cm³/mol. The Balaban J connectivity index is 2.80. The normalized spacial score (nSPS) is 10.8. The summed E-state index contributed by atoms with van der Waals surface area (Å²) in [5.41, 5.74) is 4.16. The molecular formula is C15H18N2O. The van der Waals surface area contributed by atoms with Gasteiger partial charge in [0, 0.05) is 23.7 Å². The molecule has 0 radical (unpaired) electrons. The molecule has 0 aliphatic carbocycles. The lowest BCUT2D eigenvalue weighted by molar-refractivity contribution is 0.700. The summed E-state index contributed by atoms with van der Waals surface area (Å²) in [4.78, 5) is 16.5. The third-order valence-corrected chi connectivity index (χ3v) is 3.49. The van der Waals surface area contributed by atoms with Crippen LogP contribution >= 0.6 is 0 Å². The fourth-order valence-electron chi connectivity index (χ4n) is 2.13. The minimum atomic E-state index is -0.000460. The van der Waals surface area contributed by atoms with Gasteiger partial charge in [0.15, 0.2) is 0 Å². The van der Waals surface area contributed by atoms with Crippen LogP contribution in [0.25, 0.3) is 11.0 Å². The average Bonchev–Trinajstić information content (AvgIpc) is 2.35. The lowest BCUT2D eigenvalue weighted by Gasteiger charge is -2.13. The molecule has 3 nitrogen and oxygen atoms in total. The Kier molecular flexibility index (Phi) is 3.32. The summed E-state index contributed by atoms with van der Waals surface area (Å²) in [5.74, 6) is 0. The average molecular weight is 242 g/mol. The first-order valence-corrected chi connectivity index (χ1v) is 6.14. The maximum atomic E-state index is 11.9. The molecule has 3 heteroatoms. The maximum Gasteiger partial charge on any atom is 0.252 e. The van der Waals surface area contributed by atoms with E-state index in [4.69, 9.17) is 0 Å². The molecule has 0 aromatic carbocycles. The molecule has 0 amide bonds. The molecule has 0 fully saturated rings. The molecule has 2 rings (SSSR count). The summed E-state index contributed by atoms with van der Waals surface area (Å²) < 4.78 is 1.73. The highest BCUT2D eigenvalue weighted by atomic mass is 16.1. The van der Waals surface area contributed by atoms with E-state index in [1.807, 2.05) is 19.1 Å². The van der Waals surface area contributed by atoms with Crippen molar-refractivity contribution < 1.29 is 0 Å². The monoisotopic (exact) mass is 242 g/mol. The largest absolute Gasteiger partial charge is 0.292 e. The fourth-order valence-corrected chi connectivity index (χ4v) is 2.13. The van der Waals surface area contributed by atoms with E-state index >= 15 is 0 Å². The van der Waals surface area contributed by atoms with Gasteiger partial charge in [-0.1, -0.05) is 6.08 Å². The number of hydrogen-bond donors (Lipinski definition) is 0. The van der Waals surface area contributed by atoms with Crippen molar-refractivity contribution in [2.75, 3.05) is 0 Å². The highest BCUT2D eigenvalue weighted by molar-refractivity contribution is 5.80. The van der Waals surface area contributed by atoms with Gasteiger partial charge in [-0.15, -0.1) is 6.58 Å². The van der Waals surface area contributed by atoms with E-state index < -0.39 is 0 Å². The molecule has 2 aromatic rings. The number of rotatable bonds is 3. The van der Waals surface area contributed by atoms with Crippen molar-refractivity contribution in [2.24, 2.45) is 0 Å². The van der Waals surface area contributed by atoms with E-state index in [-0.39, 0.29) is 5.56 Å². The molecule has 2 heterocycles. The number of fused-ring (bicyclic) bond motifs is 1. The van der Waals surface area contributed by atoms with Crippen LogP contribution in [0.2, 0.25) is 0 Å². The number of aryl methyl sites for hydroxylation is 3. The van der Waals surface area contributed by atoms with Gasteiger partial charge in [0.2, 0.25) is 0 Å². The zero-order chi connectivity index (χ0) is 13.3. The molecular weight excluding hydrogens is 224 g/mol. The van der Waals surface area contributed by atoms with Crippen LogP contribution in [0.1, 0.15) is 23.2 Å². The van der Waals surface area contributed by atoms with Gasteiger partial charge in [0.05, 0.1) is 0 Å². The van der Waals surface area contributed by atoms with Gasteiger partial charge in [0.25, 0.3) is 5.56 Å². The molecule has 0 aliphatic rings. The molecule has 0 aliphatic heterocycles. The first-order valence-electron chi connectivity index (χ1n) is 6.14. The lowest BCUT2D eigenvalue weighted by atomic mass is 10.1. The number of allylic oxidation sites excluding steroid dienone is 1. The van der Waals surface area contributed by atoms with E-state index in [0.717, 1.165) is 23.1 Å². The summed E-state index contributed by atoms with van der Waals surface area (Å²) in [6.45, 7) is 10.5. The SMILES string of the molecule is C=CCCn1c(=O)ccc2c(C)c(C)c(C)nc21. The highest BCUT2D eigenvalue weighted by Crippen LogP contribution is 2.20. The van der Waals surface area contributed by atoms with Crippen LogP contribution in [-0.2, 0) is 6.54 Å². The number of aromatic nitrogens is 2. The molecule has 0 unspecified atom stereocenters. The van der Waals surface area contributed by atoms with Gasteiger partial charge in [-0.3, -0.25) is 9.36 Å². The van der Waals surface area contributed by atoms with Crippen molar-refractivity contribution in [1.29, 1.82) is 0 Å². The van der Waals surface area contributed by atoms with Crippen molar-refractivity contribution >= 4 is 11.0 Å². The first-order chi connectivity index (χ1) is 8.56. The number of hydrogen-bond acceptors (Lipinski definition) is 2. The second-order valence-electron chi connectivity index (χ2n) is 4.59. The molecule has 0 N–H and O–H groups in total. The fraction of sp³-hybridized carbons (Fsp3) is 0.333. The Morgan fingerprint density at radius 3 is 2.67 bits per heavy atom. The standard InChI is InChI=1S/C15H18N2O/c1-5-6-9-17-14(18)8-7-13-11(3)10(2)12(4)16-15(13)17/h5,7-8H,1,6,9H2,2-4H3. The Morgan fingerprint density at radius 1 is 1.28 bits per heavy atom. The van der Waals surface area contributed by atoms with Crippen LogP contribution in [0.3, 0.4) is 0 Å². The molecule has 0 saturated heterocycles. The molecule has 18 heavy (non-hydrogen) atoms. The highest BCUT2D eigenvalue weighted by Gasteiger charge is 2.09. The van der Waals surface area contributed by atoms with Gasteiger partial charge in [0.1, 0.15) is 5.65 Å². The van der Waals surface area contributed by atoms with E-state index in [9.17, 15) is 4.79 Å². The summed E-state index contributed by atoms with van der Waals surface area (Å²) in [5, 5.41) is 1.06. The predicted octanol–water partition coefficient (Wildman–Crippen LogP) is 2.90. The summed E-state index contributed by atoms with van der Waals surface area (Å²) in [6, 6.07) is 3.49. The summed E-state index contributed by atoms with van der Waals surface area (Å²) in [7, 11) is 0. The minimum absolute atomic E-state index is 0.000460. The second kappa shape index (κ2) is 4.77. The van der Waals surface area contributed by atoms with E-state index in [0.29, 0.717) is 6.54 Å². The first kappa shape index (κ1) is 12.6. The van der Waals surface area contributed by atoms with E-state index in [1.165, 1.54) is 11.1 Å². The molecule has 0 spiro atoms. The third kappa shape index (κ3) is 1.96. The third-order valence-electron chi connectivity index (χ3n) is 3.49. The number of nitrogens with zero attached hydrogens (tertiary/aromatic N) is 2. The Labute approximate surface area is 107 Å². The van der Waals surface area contributed by atoms with Gasteiger partial charge in [-0.05, 0) is 44.4 Å². The molecule has 0 atom stereocenters. The second-order valence-corrected chi connectivity index (χ2v) is 4.59. The zero-order valence-corrected chi connectivity index (χ0v) is 11.2. The molecule has 94 valence electrons. The lowest BCUT2D eigenvalue weighted by Crippen LogP contribution is -2.20. The number of pyridine rings is 2. The van der Waals surface area contributed by atoms with Gasteiger partial charge >= 0.3 is 0 Å². The van der Waals surface area contributed by atoms with E-state index in [1.54, 1.807) is 10.6 Å². The molecule has 2 aromatic heterocycles. The summed E-state index contributed by atoms with van der Waals surface area (Å²) in [6.07, 6.45) is 2.59. The van der Waals surface area contributed by atoms with Crippen molar-refractivity contribution in [3.8, 4) is 0 Å². The maximum absolute atomic E-state index is 11.9. The van der Waals surface area contributed by atoms with Gasteiger partial charge in [-0.2, -0.15) is 0 Å².